The van der Waals surface area contributed by atoms with E-state index < -0.39 is 5.91 Å². The highest BCUT2D eigenvalue weighted by Crippen LogP contribution is 2.25. The average molecular weight is 238 g/mol. The van der Waals surface area contributed by atoms with Crippen molar-refractivity contribution in [2.24, 2.45) is 5.73 Å². The van der Waals surface area contributed by atoms with Crippen molar-refractivity contribution in [1.82, 2.24) is 15.0 Å². The Morgan fingerprint density at radius 3 is 2.67 bits per heavy atom. The molecule has 3 rings (SSSR count). The summed E-state index contributed by atoms with van der Waals surface area (Å²) in [6.45, 7) is 0. The van der Waals surface area contributed by atoms with Gasteiger partial charge in [-0.25, -0.2) is 4.98 Å². The number of rotatable bonds is 2. The van der Waals surface area contributed by atoms with Crippen LogP contribution in [0.3, 0.4) is 0 Å². The fourth-order valence-electron chi connectivity index (χ4n) is 1.89. The average Bonchev–Trinajstić information content (AvgIpc) is 2.87. The molecule has 0 saturated carbocycles. The van der Waals surface area contributed by atoms with Gasteiger partial charge in [0.25, 0.3) is 0 Å². The second-order valence-electron chi connectivity index (χ2n) is 3.93. The van der Waals surface area contributed by atoms with Crippen molar-refractivity contribution in [3.63, 3.8) is 0 Å². The van der Waals surface area contributed by atoms with Crippen LogP contribution >= 0.6 is 0 Å². The minimum absolute atomic E-state index is 0.433. The molecule has 0 bridgehead atoms. The molecule has 0 unspecified atom stereocenters. The number of fused-ring (bicyclic) bond motifs is 1. The largest absolute Gasteiger partial charge is 0.366 e. The minimum atomic E-state index is -0.433. The summed E-state index contributed by atoms with van der Waals surface area (Å²) in [5.74, 6) is -0.433. The molecule has 0 radical (unpaired) electrons. The number of hydrogen-bond donors (Lipinski definition) is 2. The lowest BCUT2D eigenvalue weighted by Gasteiger charge is -2.03. The van der Waals surface area contributed by atoms with Crippen LogP contribution in [0.2, 0.25) is 0 Å². The van der Waals surface area contributed by atoms with E-state index in [0.717, 1.165) is 22.2 Å². The van der Waals surface area contributed by atoms with Crippen molar-refractivity contribution in [3.8, 4) is 11.1 Å². The van der Waals surface area contributed by atoms with Crippen LogP contribution < -0.4 is 5.73 Å². The van der Waals surface area contributed by atoms with Crippen LogP contribution in [-0.4, -0.2) is 20.9 Å². The molecule has 0 fully saturated rings. The molecule has 0 aliphatic rings. The Hall–Kier alpha value is -2.69. The Labute approximate surface area is 103 Å². The SMILES string of the molecule is NC(=O)c1ccc(-c2cncc3[nH]cnc23)cc1. The number of primary amides is 1. The third-order valence-electron chi connectivity index (χ3n) is 2.81. The quantitative estimate of drug-likeness (QED) is 0.712. The van der Waals surface area contributed by atoms with Gasteiger partial charge in [-0.1, -0.05) is 12.1 Å². The van der Waals surface area contributed by atoms with Gasteiger partial charge in [0.2, 0.25) is 5.91 Å². The van der Waals surface area contributed by atoms with Crippen molar-refractivity contribution < 1.29 is 4.79 Å². The third-order valence-corrected chi connectivity index (χ3v) is 2.81. The van der Waals surface area contributed by atoms with Crippen LogP contribution in [0.1, 0.15) is 10.4 Å². The normalized spacial score (nSPS) is 10.7. The summed E-state index contributed by atoms with van der Waals surface area (Å²) in [5.41, 5.74) is 9.30. The van der Waals surface area contributed by atoms with Crippen molar-refractivity contribution in [1.29, 1.82) is 0 Å². The van der Waals surface area contributed by atoms with Crippen molar-refractivity contribution in [3.05, 3.63) is 48.5 Å². The molecule has 3 N–H and O–H groups in total. The van der Waals surface area contributed by atoms with E-state index in [1.807, 2.05) is 12.1 Å². The zero-order valence-corrected chi connectivity index (χ0v) is 9.42. The standard InChI is InChI=1S/C13H10N4O/c14-13(18)9-3-1-8(2-4-9)10-5-15-6-11-12(10)17-7-16-11/h1-7H,(H2,14,18)(H,16,17). The molecule has 0 saturated heterocycles. The molecule has 0 atom stereocenters. The Morgan fingerprint density at radius 2 is 1.94 bits per heavy atom. The smallest absolute Gasteiger partial charge is 0.248 e. The molecule has 5 heteroatoms. The van der Waals surface area contributed by atoms with Gasteiger partial charge in [-0.15, -0.1) is 0 Å². The van der Waals surface area contributed by atoms with E-state index in [4.69, 9.17) is 5.73 Å². The van der Waals surface area contributed by atoms with E-state index in [-0.39, 0.29) is 0 Å². The number of carbonyl (C=O) groups excluding carboxylic acids is 1. The maximum absolute atomic E-state index is 11.0. The van der Waals surface area contributed by atoms with Crippen LogP contribution in [0.25, 0.3) is 22.2 Å². The molecule has 2 heterocycles. The van der Waals surface area contributed by atoms with Crippen molar-refractivity contribution in [2.45, 2.75) is 0 Å². The lowest BCUT2D eigenvalue weighted by atomic mass is 10.0. The van der Waals surface area contributed by atoms with E-state index >= 15 is 0 Å². The zero-order valence-electron chi connectivity index (χ0n) is 9.42. The molecule has 1 aromatic carbocycles. The van der Waals surface area contributed by atoms with Crippen molar-refractivity contribution in [2.75, 3.05) is 0 Å². The van der Waals surface area contributed by atoms with E-state index in [9.17, 15) is 4.79 Å². The first-order valence-corrected chi connectivity index (χ1v) is 5.43. The fraction of sp³-hybridized carbons (Fsp3) is 0. The maximum atomic E-state index is 11.0. The molecular weight excluding hydrogens is 228 g/mol. The molecule has 3 aromatic rings. The Bertz CT molecular complexity index is 715. The minimum Gasteiger partial charge on any atom is -0.366 e. The van der Waals surface area contributed by atoms with Gasteiger partial charge < -0.3 is 10.7 Å². The Morgan fingerprint density at radius 1 is 1.17 bits per heavy atom. The molecule has 2 aromatic heterocycles. The van der Waals surface area contributed by atoms with Gasteiger partial charge >= 0.3 is 0 Å². The monoisotopic (exact) mass is 238 g/mol. The van der Waals surface area contributed by atoms with Gasteiger partial charge in [-0.2, -0.15) is 0 Å². The maximum Gasteiger partial charge on any atom is 0.248 e. The molecule has 0 aliphatic heterocycles. The fourth-order valence-corrected chi connectivity index (χ4v) is 1.89. The van der Waals surface area contributed by atoms with E-state index in [2.05, 4.69) is 15.0 Å². The molecule has 5 nitrogen and oxygen atoms in total. The lowest BCUT2D eigenvalue weighted by Crippen LogP contribution is -2.10. The number of aromatic nitrogens is 3. The highest BCUT2D eigenvalue weighted by atomic mass is 16.1. The van der Waals surface area contributed by atoms with E-state index in [1.54, 1.807) is 30.9 Å². The van der Waals surface area contributed by atoms with Gasteiger partial charge in [-0.05, 0) is 17.7 Å². The summed E-state index contributed by atoms with van der Waals surface area (Å²) in [6.07, 6.45) is 5.11. The second-order valence-corrected chi connectivity index (χ2v) is 3.93. The first-order chi connectivity index (χ1) is 8.75. The topological polar surface area (TPSA) is 84.7 Å². The summed E-state index contributed by atoms with van der Waals surface area (Å²) in [4.78, 5) is 22.4. The van der Waals surface area contributed by atoms with Gasteiger partial charge in [-0.3, -0.25) is 9.78 Å². The Kier molecular flexibility index (Phi) is 2.30. The number of benzene rings is 1. The number of aromatic amines is 1. The molecule has 18 heavy (non-hydrogen) atoms. The summed E-state index contributed by atoms with van der Waals surface area (Å²) in [5, 5.41) is 0. The molecule has 88 valence electrons. The van der Waals surface area contributed by atoms with Crippen LogP contribution in [0.15, 0.2) is 43.0 Å². The number of hydrogen-bond acceptors (Lipinski definition) is 3. The number of amides is 1. The summed E-state index contributed by atoms with van der Waals surface area (Å²) in [7, 11) is 0. The highest BCUT2D eigenvalue weighted by Gasteiger charge is 2.07. The highest BCUT2D eigenvalue weighted by molar-refractivity contribution is 5.95. The number of pyridine rings is 1. The summed E-state index contributed by atoms with van der Waals surface area (Å²) >= 11 is 0. The number of nitrogens with one attached hydrogen (secondary N) is 1. The number of nitrogens with zero attached hydrogens (tertiary/aromatic N) is 2. The van der Waals surface area contributed by atoms with Crippen LogP contribution in [-0.2, 0) is 0 Å². The number of carbonyl (C=O) groups is 1. The second kappa shape index (κ2) is 3.96. The summed E-state index contributed by atoms with van der Waals surface area (Å²) in [6, 6.07) is 7.07. The Balaban J connectivity index is 2.14. The molecular formula is C13H10N4O. The number of H-pyrrole nitrogens is 1. The van der Waals surface area contributed by atoms with Gasteiger partial charge in [0.05, 0.1) is 23.6 Å². The predicted octanol–water partition coefficient (Wildman–Crippen LogP) is 1.72. The number of imidazole rings is 1. The van der Waals surface area contributed by atoms with Crippen molar-refractivity contribution >= 4 is 16.9 Å². The zero-order chi connectivity index (χ0) is 12.5. The van der Waals surface area contributed by atoms with Crippen LogP contribution in [0.4, 0.5) is 0 Å². The van der Waals surface area contributed by atoms with Gasteiger partial charge in [0.15, 0.2) is 0 Å². The van der Waals surface area contributed by atoms with E-state index in [1.165, 1.54) is 0 Å². The van der Waals surface area contributed by atoms with Gasteiger partial charge in [0.1, 0.15) is 0 Å². The number of nitrogens with two attached hydrogens (primary N) is 1. The molecule has 0 spiro atoms. The van der Waals surface area contributed by atoms with Gasteiger partial charge in [0, 0.05) is 17.3 Å². The third kappa shape index (κ3) is 1.62. The predicted molar refractivity (Wildman–Crippen MR) is 67.8 cm³/mol. The molecule has 0 aliphatic carbocycles. The first kappa shape index (κ1) is 10.5. The van der Waals surface area contributed by atoms with Crippen LogP contribution in [0, 0.1) is 0 Å². The summed E-state index contributed by atoms with van der Waals surface area (Å²) < 4.78 is 0. The first-order valence-electron chi connectivity index (χ1n) is 5.43. The van der Waals surface area contributed by atoms with E-state index in [0.29, 0.717) is 5.56 Å². The molecule has 1 amide bonds. The lowest BCUT2D eigenvalue weighted by molar-refractivity contribution is 0.100. The van der Waals surface area contributed by atoms with Crippen LogP contribution in [0.5, 0.6) is 0 Å².